The van der Waals surface area contributed by atoms with Crippen molar-refractivity contribution in [3.8, 4) is 11.7 Å². The molecule has 1 unspecified atom stereocenters. The van der Waals surface area contributed by atoms with E-state index in [4.69, 9.17) is 14.2 Å². The molecular weight excluding hydrogens is 486 g/mol. The summed E-state index contributed by atoms with van der Waals surface area (Å²) in [6.07, 6.45) is -1.67. The maximum absolute atomic E-state index is 14.1. The Labute approximate surface area is 212 Å². The number of para-hydroxylation sites is 2. The summed E-state index contributed by atoms with van der Waals surface area (Å²) in [7, 11) is 0. The molecule has 5 heterocycles. The number of hydrogen-bond donors (Lipinski definition) is 0. The van der Waals surface area contributed by atoms with Crippen molar-refractivity contribution in [1.29, 1.82) is 0 Å². The van der Waals surface area contributed by atoms with E-state index in [-0.39, 0.29) is 29.6 Å². The van der Waals surface area contributed by atoms with Gasteiger partial charge in [-0.05, 0) is 18.6 Å². The number of carbonyl (C=O) groups is 1. The van der Waals surface area contributed by atoms with Gasteiger partial charge in [0, 0.05) is 38.7 Å². The van der Waals surface area contributed by atoms with Gasteiger partial charge in [0.2, 0.25) is 17.7 Å². The third kappa shape index (κ3) is 4.82. The average Bonchev–Trinajstić information content (AvgIpc) is 3.69. The molecule has 0 spiro atoms. The Morgan fingerprint density at radius 2 is 1.86 bits per heavy atom. The van der Waals surface area contributed by atoms with E-state index in [2.05, 4.69) is 15.0 Å². The fraction of sp³-hybridized carbons (Fsp3) is 0.520. The molecule has 1 amide bonds. The number of nitrogens with zero attached hydrogens (tertiary/aromatic N) is 6. The second-order valence-electron chi connectivity index (χ2n) is 9.43. The molecule has 0 N–H and O–H groups in total. The van der Waals surface area contributed by atoms with Crippen LogP contribution in [0.1, 0.15) is 25.1 Å². The highest BCUT2D eigenvalue weighted by Crippen LogP contribution is 2.30. The Morgan fingerprint density at radius 1 is 1.03 bits per heavy atom. The maximum Gasteiger partial charge on any atom is 0.296 e. The number of amides is 1. The molecule has 0 radical (unpaired) electrons. The summed E-state index contributed by atoms with van der Waals surface area (Å²) in [4.78, 5) is 30.0. The molecule has 2 atom stereocenters. The quantitative estimate of drug-likeness (QED) is 0.496. The summed E-state index contributed by atoms with van der Waals surface area (Å²) in [6.45, 7) is 4.30. The third-order valence-corrected chi connectivity index (χ3v) is 7.01. The van der Waals surface area contributed by atoms with Crippen molar-refractivity contribution in [2.45, 2.75) is 25.4 Å². The lowest BCUT2D eigenvalue weighted by atomic mass is 10.1. The predicted molar refractivity (Wildman–Crippen MR) is 129 cm³/mol. The number of alkyl halides is 2. The number of morpholine rings is 1. The number of carbonyl (C=O) groups excluding carboxylic acids is 1. The van der Waals surface area contributed by atoms with E-state index < -0.39 is 12.2 Å². The van der Waals surface area contributed by atoms with Crippen molar-refractivity contribution >= 4 is 22.9 Å². The van der Waals surface area contributed by atoms with Gasteiger partial charge in [-0.15, -0.1) is 0 Å². The number of hydrogen-bond acceptors (Lipinski definition) is 8. The van der Waals surface area contributed by atoms with Gasteiger partial charge in [0.15, 0.2) is 5.82 Å². The smallest absolute Gasteiger partial charge is 0.296 e. The van der Waals surface area contributed by atoms with Gasteiger partial charge < -0.3 is 24.0 Å². The van der Waals surface area contributed by atoms with Gasteiger partial charge in [-0.2, -0.15) is 9.97 Å². The molecule has 0 aliphatic carbocycles. The molecule has 37 heavy (non-hydrogen) atoms. The van der Waals surface area contributed by atoms with Crippen LogP contribution in [0.15, 0.2) is 30.3 Å². The fourth-order valence-electron chi connectivity index (χ4n) is 5.10. The van der Waals surface area contributed by atoms with Gasteiger partial charge in [-0.1, -0.05) is 12.1 Å². The molecule has 10 nitrogen and oxygen atoms in total. The predicted octanol–water partition coefficient (Wildman–Crippen LogP) is 2.61. The Morgan fingerprint density at radius 3 is 2.65 bits per heavy atom. The van der Waals surface area contributed by atoms with E-state index in [1.165, 1.54) is 4.57 Å². The third-order valence-electron chi connectivity index (χ3n) is 7.01. The highest BCUT2D eigenvalue weighted by Gasteiger charge is 2.34. The van der Waals surface area contributed by atoms with Crippen LogP contribution in [-0.2, 0) is 14.3 Å². The summed E-state index contributed by atoms with van der Waals surface area (Å²) >= 11 is 0. The lowest BCUT2D eigenvalue weighted by Crippen LogP contribution is -2.37. The largest absolute Gasteiger partial charge is 0.472 e. The second kappa shape index (κ2) is 10.2. The van der Waals surface area contributed by atoms with Crippen molar-refractivity contribution in [2.24, 2.45) is 5.92 Å². The first-order valence-corrected chi connectivity index (χ1v) is 12.6. The topological polar surface area (TPSA) is 94.8 Å². The van der Waals surface area contributed by atoms with E-state index in [0.29, 0.717) is 76.0 Å². The number of rotatable bonds is 6. The average molecular weight is 515 g/mol. The Balaban J connectivity index is 1.33. The van der Waals surface area contributed by atoms with Crippen molar-refractivity contribution in [2.75, 3.05) is 57.5 Å². The second-order valence-corrected chi connectivity index (χ2v) is 9.43. The summed E-state index contributed by atoms with van der Waals surface area (Å²) < 4.78 is 46.5. The van der Waals surface area contributed by atoms with Crippen LogP contribution in [0.3, 0.4) is 0 Å². The van der Waals surface area contributed by atoms with Crippen LogP contribution >= 0.6 is 0 Å². The van der Waals surface area contributed by atoms with Crippen molar-refractivity contribution in [3.05, 3.63) is 36.2 Å². The number of benzene rings is 1. The van der Waals surface area contributed by atoms with Crippen molar-refractivity contribution < 1.29 is 27.8 Å². The zero-order valence-corrected chi connectivity index (χ0v) is 20.3. The van der Waals surface area contributed by atoms with Gasteiger partial charge in [0.05, 0.1) is 43.3 Å². The number of anilines is 1. The summed E-state index contributed by atoms with van der Waals surface area (Å²) in [5, 5.41) is 0. The highest BCUT2D eigenvalue weighted by atomic mass is 19.3. The number of likely N-dealkylation sites (tertiary alicyclic amines) is 1. The maximum atomic E-state index is 14.1. The zero-order valence-electron chi connectivity index (χ0n) is 20.3. The monoisotopic (exact) mass is 514 g/mol. The molecule has 3 aliphatic rings. The van der Waals surface area contributed by atoms with Crippen LogP contribution in [0.5, 0.6) is 5.88 Å². The molecule has 3 aliphatic heterocycles. The molecular formula is C25H28F2N6O4. The lowest BCUT2D eigenvalue weighted by Gasteiger charge is -2.27. The van der Waals surface area contributed by atoms with Crippen LogP contribution in [0.4, 0.5) is 14.7 Å². The van der Waals surface area contributed by atoms with Crippen LogP contribution < -0.4 is 9.64 Å². The molecule has 2 aromatic heterocycles. The number of aromatic nitrogens is 4. The molecule has 1 aromatic carbocycles. The van der Waals surface area contributed by atoms with Gasteiger partial charge in [0.25, 0.3) is 6.43 Å². The number of fused-ring (bicyclic) bond motifs is 1. The van der Waals surface area contributed by atoms with Crippen LogP contribution in [0, 0.1) is 5.92 Å². The van der Waals surface area contributed by atoms with E-state index in [9.17, 15) is 13.6 Å². The Hall–Kier alpha value is -3.38. The van der Waals surface area contributed by atoms with Crippen LogP contribution in [0.2, 0.25) is 0 Å². The van der Waals surface area contributed by atoms with Gasteiger partial charge in [0.1, 0.15) is 11.9 Å². The first-order valence-electron chi connectivity index (χ1n) is 12.6. The molecule has 6 rings (SSSR count). The number of halogens is 2. The summed E-state index contributed by atoms with van der Waals surface area (Å²) in [5.74, 6) is 0.502. The van der Waals surface area contributed by atoms with Crippen molar-refractivity contribution in [3.63, 3.8) is 0 Å². The number of imidazole rings is 1. The standard InChI is InChI=1S/C25H28F2N6O4/c26-22(27)23-28-18-3-1-2-4-19(18)33(23)20-13-21(30-25(29-20)31-8-11-35-12-9-31)37-17-5-7-32(14-17)24(34)16-6-10-36-15-16/h1-4,13,16-17,22H,5-12,14-15H2/t16?,17-/m0/s1. The van der Waals surface area contributed by atoms with Gasteiger partial charge >= 0.3 is 0 Å². The summed E-state index contributed by atoms with van der Waals surface area (Å²) in [6, 6.07) is 8.53. The molecule has 12 heteroatoms. The molecule has 196 valence electrons. The summed E-state index contributed by atoms with van der Waals surface area (Å²) in [5.41, 5.74) is 0.972. The van der Waals surface area contributed by atoms with Crippen LogP contribution in [0.25, 0.3) is 16.9 Å². The molecule has 0 saturated carbocycles. The lowest BCUT2D eigenvalue weighted by molar-refractivity contribution is -0.134. The minimum atomic E-state index is -2.80. The normalized spacial score (nSPS) is 22.4. The van der Waals surface area contributed by atoms with Crippen molar-refractivity contribution in [1.82, 2.24) is 24.4 Å². The first kappa shape index (κ1) is 24.0. The molecule has 3 fully saturated rings. The highest BCUT2D eigenvalue weighted by molar-refractivity contribution is 5.79. The molecule has 3 aromatic rings. The molecule has 3 saturated heterocycles. The zero-order chi connectivity index (χ0) is 25.4. The van der Waals surface area contributed by atoms with Gasteiger partial charge in [-0.3, -0.25) is 9.36 Å². The van der Waals surface area contributed by atoms with Crippen LogP contribution in [-0.4, -0.2) is 89.0 Å². The minimum absolute atomic E-state index is 0.0902. The molecule has 0 bridgehead atoms. The SMILES string of the molecule is O=C(C1CCOC1)N1CC[C@H](Oc2cc(-n3c(C(F)F)nc4ccccc43)nc(N3CCOCC3)n2)C1. The first-order chi connectivity index (χ1) is 18.1. The Bertz CT molecular complexity index is 1280. The van der Waals surface area contributed by atoms with E-state index in [1.54, 1.807) is 30.3 Å². The van der Waals surface area contributed by atoms with Gasteiger partial charge in [-0.25, -0.2) is 13.8 Å². The van der Waals surface area contributed by atoms with E-state index in [0.717, 1.165) is 6.42 Å². The minimum Gasteiger partial charge on any atom is -0.472 e. The Kier molecular flexibility index (Phi) is 6.59. The number of ether oxygens (including phenoxy) is 3. The van der Waals surface area contributed by atoms with E-state index in [1.807, 2.05) is 9.80 Å². The van der Waals surface area contributed by atoms with E-state index >= 15 is 0 Å². The fourth-order valence-corrected chi connectivity index (χ4v) is 5.10.